The summed E-state index contributed by atoms with van der Waals surface area (Å²) in [5.41, 5.74) is 3.33. The van der Waals surface area contributed by atoms with Crippen LogP contribution < -0.4 is 4.74 Å². The predicted molar refractivity (Wildman–Crippen MR) is 84.1 cm³/mol. The molecule has 116 valence electrons. The Morgan fingerprint density at radius 3 is 2.73 bits per heavy atom. The van der Waals surface area contributed by atoms with Gasteiger partial charge in [-0.25, -0.2) is 4.39 Å². The highest BCUT2D eigenvalue weighted by molar-refractivity contribution is 6.02. The number of aromatic nitrogens is 1. The number of Topliss-reactive ketones (excluding diaryl/α,β-unsaturated/α-hetero) is 1. The van der Waals surface area contributed by atoms with Gasteiger partial charge in [-0.15, -0.1) is 0 Å². The normalized spacial score (nSPS) is 19.5. The molecule has 2 unspecified atom stereocenters. The van der Waals surface area contributed by atoms with E-state index in [2.05, 4.69) is 18.4 Å². The molecule has 0 saturated heterocycles. The summed E-state index contributed by atoms with van der Waals surface area (Å²) in [6, 6.07) is 5.31. The minimum absolute atomic E-state index is 0.0812. The third kappa shape index (κ3) is 1.97. The van der Waals surface area contributed by atoms with Crippen LogP contribution in [0.25, 0.3) is 11.3 Å². The highest BCUT2D eigenvalue weighted by atomic mass is 19.1. The van der Waals surface area contributed by atoms with Crippen molar-refractivity contribution in [2.75, 3.05) is 7.11 Å². The smallest absolute Gasteiger partial charge is 0.165 e. The quantitative estimate of drug-likeness (QED) is 0.777. The van der Waals surface area contributed by atoms with Gasteiger partial charge in [-0.2, -0.15) is 0 Å². The number of rotatable bonds is 3. The summed E-state index contributed by atoms with van der Waals surface area (Å²) >= 11 is 0. The first-order chi connectivity index (χ1) is 10.5. The Morgan fingerprint density at radius 2 is 2.09 bits per heavy atom. The van der Waals surface area contributed by atoms with Crippen LogP contribution in [0.5, 0.6) is 5.75 Å². The van der Waals surface area contributed by atoms with Crippen LogP contribution in [-0.2, 0) is 0 Å². The van der Waals surface area contributed by atoms with Crippen molar-refractivity contribution < 1.29 is 13.9 Å². The second-order valence-electron chi connectivity index (χ2n) is 5.87. The molecule has 0 radical (unpaired) electrons. The number of ether oxygens (including phenoxy) is 1. The molecular weight excluding hydrogens is 281 g/mol. The average molecular weight is 301 g/mol. The Hall–Kier alpha value is -2.10. The SMILES string of the molecule is CCC(=O)c1ccn2c1-c1cc(F)c(OC)cc1C(C)C2C. The topological polar surface area (TPSA) is 31.2 Å². The van der Waals surface area contributed by atoms with Crippen molar-refractivity contribution in [3.63, 3.8) is 0 Å². The molecule has 0 N–H and O–H groups in total. The van der Waals surface area contributed by atoms with Crippen LogP contribution in [-0.4, -0.2) is 17.5 Å². The molecule has 0 aliphatic carbocycles. The van der Waals surface area contributed by atoms with E-state index >= 15 is 0 Å². The van der Waals surface area contributed by atoms with Crippen LogP contribution in [0.1, 0.15) is 55.1 Å². The van der Waals surface area contributed by atoms with E-state index in [0.29, 0.717) is 12.0 Å². The molecule has 0 spiro atoms. The van der Waals surface area contributed by atoms with Gasteiger partial charge in [0, 0.05) is 35.7 Å². The van der Waals surface area contributed by atoms with E-state index in [1.165, 1.54) is 13.2 Å². The number of halogens is 1. The summed E-state index contributed by atoms with van der Waals surface area (Å²) < 4.78 is 21.4. The largest absolute Gasteiger partial charge is 0.494 e. The van der Waals surface area contributed by atoms with Crippen molar-refractivity contribution in [3.8, 4) is 17.0 Å². The van der Waals surface area contributed by atoms with Crippen molar-refractivity contribution in [2.45, 2.75) is 39.2 Å². The molecule has 1 aliphatic rings. The van der Waals surface area contributed by atoms with Gasteiger partial charge in [0.15, 0.2) is 17.3 Å². The second kappa shape index (κ2) is 5.27. The van der Waals surface area contributed by atoms with Crippen LogP contribution >= 0.6 is 0 Å². The first kappa shape index (κ1) is 14.8. The highest BCUT2D eigenvalue weighted by Gasteiger charge is 2.32. The number of hydrogen-bond donors (Lipinski definition) is 0. The van der Waals surface area contributed by atoms with E-state index in [0.717, 1.165) is 16.8 Å². The second-order valence-corrected chi connectivity index (χ2v) is 5.87. The lowest BCUT2D eigenvalue weighted by Gasteiger charge is -2.32. The Balaban J connectivity index is 2.30. The van der Waals surface area contributed by atoms with Gasteiger partial charge in [-0.3, -0.25) is 4.79 Å². The molecule has 4 heteroatoms. The summed E-state index contributed by atoms with van der Waals surface area (Å²) in [5, 5.41) is 0. The summed E-state index contributed by atoms with van der Waals surface area (Å²) in [4.78, 5) is 12.2. The lowest BCUT2D eigenvalue weighted by atomic mass is 9.84. The maximum absolute atomic E-state index is 14.2. The fourth-order valence-electron chi connectivity index (χ4n) is 3.29. The fourth-order valence-corrected chi connectivity index (χ4v) is 3.29. The molecule has 2 atom stereocenters. The molecule has 22 heavy (non-hydrogen) atoms. The first-order valence-electron chi connectivity index (χ1n) is 7.61. The molecular formula is C18H20FNO2. The van der Waals surface area contributed by atoms with Crippen LogP contribution in [0.2, 0.25) is 0 Å². The maximum atomic E-state index is 14.2. The highest BCUT2D eigenvalue weighted by Crippen LogP contribution is 2.46. The molecule has 0 amide bonds. The number of ketones is 1. The molecule has 0 saturated carbocycles. The summed E-state index contributed by atoms with van der Waals surface area (Å²) in [6.45, 7) is 6.08. The minimum atomic E-state index is -0.398. The van der Waals surface area contributed by atoms with E-state index in [9.17, 15) is 9.18 Å². The maximum Gasteiger partial charge on any atom is 0.165 e. The average Bonchev–Trinajstić information content (AvgIpc) is 2.96. The number of methoxy groups -OCH3 is 1. The van der Waals surface area contributed by atoms with Crippen LogP contribution in [0.4, 0.5) is 4.39 Å². The van der Waals surface area contributed by atoms with Crippen LogP contribution in [0, 0.1) is 5.82 Å². The van der Waals surface area contributed by atoms with E-state index in [1.807, 2.05) is 19.2 Å². The van der Waals surface area contributed by atoms with Gasteiger partial charge < -0.3 is 9.30 Å². The molecule has 0 fully saturated rings. The Bertz CT molecular complexity index is 748. The van der Waals surface area contributed by atoms with Crippen LogP contribution in [0.15, 0.2) is 24.4 Å². The minimum Gasteiger partial charge on any atom is -0.494 e. The van der Waals surface area contributed by atoms with E-state index < -0.39 is 5.82 Å². The molecule has 2 aromatic rings. The monoisotopic (exact) mass is 301 g/mol. The molecule has 1 aromatic heterocycles. The van der Waals surface area contributed by atoms with Gasteiger partial charge in [-0.05, 0) is 30.7 Å². The van der Waals surface area contributed by atoms with Gasteiger partial charge >= 0.3 is 0 Å². The van der Waals surface area contributed by atoms with Crippen molar-refractivity contribution in [1.82, 2.24) is 4.57 Å². The van der Waals surface area contributed by atoms with Gasteiger partial charge in [0.25, 0.3) is 0 Å². The predicted octanol–water partition coefficient (Wildman–Crippen LogP) is 4.57. The van der Waals surface area contributed by atoms with E-state index in [4.69, 9.17) is 4.74 Å². The number of carbonyl (C=O) groups is 1. The third-order valence-corrected chi connectivity index (χ3v) is 4.77. The summed E-state index contributed by atoms with van der Waals surface area (Å²) in [7, 11) is 1.47. The van der Waals surface area contributed by atoms with Crippen molar-refractivity contribution >= 4 is 5.78 Å². The van der Waals surface area contributed by atoms with Crippen LogP contribution in [0.3, 0.4) is 0 Å². The number of carbonyl (C=O) groups excluding carboxylic acids is 1. The summed E-state index contributed by atoms with van der Waals surface area (Å²) in [5.74, 6) is 0.151. The standard InChI is InChI=1S/C18H20FNO2/c1-5-16(21)12-6-7-20-11(3)10(2)13-9-17(22-4)15(19)8-14(13)18(12)20/h6-11H,5H2,1-4H3. The van der Waals surface area contributed by atoms with Crippen molar-refractivity contribution in [3.05, 3.63) is 41.3 Å². The molecule has 3 nitrogen and oxygen atoms in total. The van der Waals surface area contributed by atoms with Crippen molar-refractivity contribution in [2.24, 2.45) is 0 Å². The molecule has 1 aliphatic heterocycles. The zero-order valence-corrected chi connectivity index (χ0v) is 13.3. The van der Waals surface area contributed by atoms with Gasteiger partial charge in [-0.1, -0.05) is 13.8 Å². The van der Waals surface area contributed by atoms with Gasteiger partial charge in [0.1, 0.15) is 0 Å². The number of hydrogen-bond acceptors (Lipinski definition) is 2. The number of benzene rings is 1. The lowest BCUT2D eigenvalue weighted by Crippen LogP contribution is -2.20. The molecule has 3 rings (SSSR count). The Labute approximate surface area is 129 Å². The Morgan fingerprint density at radius 1 is 1.36 bits per heavy atom. The van der Waals surface area contributed by atoms with E-state index in [1.54, 1.807) is 6.07 Å². The molecule has 2 heterocycles. The van der Waals surface area contributed by atoms with Gasteiger partial charge in [0.05, 0.1) is 12.8 Å². The number of nitrogens with zero attached hydrogens (tertiary/aromatic N) is 1. The fraction of sp³-hybridized carbons (Fsp3) is 0.389. The third-order valence-electron chi connectivity index (χ3n) is 4.77. The zero-order chi connectivity index (χ0) is 16.0. The first-order valence-corrected chi connectivity index (χ1v) is 7.61. The van der Waals surface area contributed by atoms with E-state index in [-0.39, 0.29) is 23.5 Å². The lowest BCUT2D eigenvalue weighted by molar-refractivity contribution is 0.0988. The van der Waals surface area contributed by atoms with Crippen molar-refractivity contribution in [1.29, 1.82) is 0 Å². The zero-order valence-electron chi connectivity index (χ0n) is 13.3. The number of fused-ring (bicyclic) bond motifs is 3. The molecule has 0 bridgehead atoms. The Kier molecular flexibility index (Phi) is 3.55. The van der Waals surface area contributed by atoms with Gasteiger partial charge in [0.2, 0.25) is 0 Å². The molecule has 1 aromatic carbocycles. The summed E-state index contributed by atoms with van der Waals surface area (Å²) in [6.07, 6.45) is 2.37.